The number of nitrogens with one attached hydrogen (secondary N) is 1. The van der Waals surface area contributed by atoms with Crippen molar-refractivity contribution in [2.45, 2.75) is 6.92 Å². The van der Waals surface area contributed by atoms with Gasteiger partial charge >= 0.3 is 0 Å². The third-order valence-electron chi connectivity index (χ3n) is 4.15. The number of aryl methyl sites for hydroxylation is 1. The van der Waals surface area contributed by atoms with Gasteiger partial charge in [0.15, 0.2) is 17.4 Å². The van der Waals surface area contributed by atoms with E-state index in [2.05, 4.69) is 5.32 Å². The Hall–Kier alpha value is -2.60. The van der Waals surface area contributed by atoms with Crippen molar-refractivity contribution in [1.82, 2.24) is 0 Å². The maximum Gasteiger partial charge on any atom is 0.238 e. The summed E-state index contributed by atoms with van der Waals surface area (Å²) < 4.78 is 6.95. The standard InChI is InChI=1S/C22H18Cl2N2O2S/c1-14-5-4-10-26(13-14)20(21(27)15-8-9-18(23)19(24)11-15)22(29)25-16-6-3-7-17(12-16)28-2/h3-13H,1-2H3,(H-,25,27,29). The van der Waals surface area contributed by atoms with Crippen LogP contribution in [0, 0.1) is 6.92 Å². The van der Waals surface area contributed by atoms with E-state index in [1.807, 2.05) is 43.5 Å². The molecule has 0 saturated carbocycles. The van der Waals surface area contributed by atoms with E-state index >= 15 is 0 Å². The molecule has 0 fully saturated rings. The molecule has 0 aliphatic rings. The molecule has 3 rings (SSSR count). The van der Waals surface area contributed by atoms with Gasteiger partial charge < -0.3 is 15.2 Å². The Morgan fingerprint density at radius 3 is 2.55 bits per heavy atom. The highest BCUT2D eigenvalue weighted by atomic mass is 35.5. The van der Waals surface area contributed by atoms with E-state index < -0.39 is 0 Å². The van der Waals surface area contributed by atoms with E-state index in [4.69, 9.17) is 40.2 Å². The third-order valence-corrected chi connectivity index (χ3v) is 5.18. The number of ether oxygens (including phenoxy) is 1. The Morgan fingerprint density at radius 2 is 1.86 bits per heavy atom. The summed E-state index contributed by atoms with van der Waals surface area (Å²) in [5, 5.41) is 17.2. The molecular formula is C22H18Cl2N2O2S. The highest BCUT2D eigenvalue weighted by Gasteiger charge is 2.19. The van der Waals surface area contributed by atoms with Gasteiger partial charge in [0.2, 0.25) is 5.70 Å². The predicted molar refractivity (Wildman–Crippen MR) is 120 cm³/mol. The van der Waals surface area contributed by atoms with Crippen LogP contribution in [0.15, 0.2) is 67.0 Å². The van der Waals surface area contributed by atoms with E-state index in [1.165, 1.54) is 6.07 Å². The highest BCUT2D eigenvalue weighted by Crippen LogP contribution is 2.26. The summed E-state index contributed by atoms with van der Waals surface area (Å²) in [6.45, 7) is 1.94. The number of hydrogen-bond donors (Lipinski definition) is 1. The number of aromatic nitrogens is 1. The van der Waals surface area contributed by atoms with Crippen LogP contribution in [0.1, 0.15) is 11.1 Å². The molecule has 148 valence electrons. The van der Waals surface area contributed by atoms with Crippen molar-refractivity contribution >= 4 is 57.6 Å². The van der Waals surface area contributed by atoms with Crippen LogP contribution in [0.2, 0.25) is 10.0 Å². The van der Waals surface area contributed by atoms with E-state index in [1.54, 1.807) is 36.1 Å². The van der Waals surface area contributed by atoms with Crippen molar-refractivity contribution < 1.29 is 14.4 Å². The van der Waals surface area contributed by atoms with Gasteiger partial charge in [-0.15, -0.1) is 0 Å². The average Bonchev–Trinajstić information content (AvgIpc) is 2.70. The topological polar surface area (TPSA) is 48.2 Å². The lowest BCUT2D eigenvalue weighted by Crippen LogP contribution is -2.40. The van der Waals surface area contributed by atoms with Crippen molar-refractivity contribution in [1.29, 1.82) is 0 Å². The minimum atomic E-state index is -0.278. The zero-order valence-corrected chi connectivity index (χ0v) is 18.1. The van der Waals surface area contributed by atoms with Crippen LogP contribution >= 0.6 is 35.4 Å². The smallest absolute Gasteiger partial charge is 0.238 e. The van der Waals surface area contributed by atoms with Crippen molar-refractivity contribution in [2.24, 2.45) is 0 Å². The van der Waals surface area contributed by atoms with E-state index in [9.17, 15) is 5.11 Å². The number of pyridine rings is 1. The monoisotopic (exact) mass is 444 g/mol. The number of rotatable bonds is 5. The minimum absolute atomic E-state index is 0.268. The number of methoxy groups -OCH3 is 1. The summed E-state index contributed by atoms with van der Waals surface area (Å²) in [6.07, 6.45) is 3.61. The Labute approximate surface area is 185 Å². The molecule has 0 aliphatic heterocycles. The van der Waals surface area contributed by atoms with E-state index in [0.29, 0.717) is 32.7 Å². The van der Waals surface area contributed by atoms with Crippen LogP contribution < -0.4 is 19.7 Å². The lowest BCUT2D eigenvalue weighted by atomic mass is 10.1. The molecule has 1 heterocycles. The van der Waals surface area contributed by atoms with Crippen LogP contribution in [-0.4, -0.2) is 12.1 Å². The molecule has 0 bridgehead atoms. The highest BCUT2D eigenvalue weighted by molar-refractivity contribution is 7.81. The zero-order valence-electron chi connectivity index (χ0n) is 15.8. The van der Waals surface area contributed by atoms with Gasteiger partial charge in [0.1, 0.15) is 5.75 Å². The maximum atomic E-state index is 13.4. The maximum absolute atomic E-state index is 13.4. The van der Waals surface area contributed by atoms with Crippen molar-refractivity contribution in [3.8, 4) is 5.75 Å². The molecule has 1 aromatic heterocycles. The van der Waals surface area contributed by atoms with Crippen LogP contribution in [0.25, 0.3) is 11.5 Å². The van der Waals surface area contributed by atoms with Crippen molar-refractivity contribution in [2.75, 3.05) is 12.4 Å². The SMILES string of the molecule is COc1cccc(NC(=S)/C(=C(\[O-])c2ccc(Cl)c(Cl)c2)[n+]2cccc(C)c2)c1. The lowest BCUT2D eigenvalue weighted by molar-refractivity contribution is -0.578. The summed E-state index contributed by atoms with van der Waals surface area (Å²) in [6, 6.07) is 15.9. The van der Waals surface area contributed by atoms with E-state index in [-0.39, 0.29) is 10.7 Å². The number of halogens is 2. The molecule has 29 heavy (non-hydrogen) atoms. The molecule has 1 N–H and O–H groups in total. The number of anilines is 1. The second-order valence-corrected chi connectivity index (χ2v) is 7.50. The first-order valence-electron chi connectivity index (χ1n) is 8.69. The van der Waals surface area contributed by atoms with Gasteiger partial charge in [-0.3, -0.25) is 0 Å². The van der Waals surface area contributed by atoms with E-state index in [0.717, 1.165) is 5.56 Å². The van der Waals surface area contributed by atoms with Crippen LogP contribution in [0.4, 0.5) is 5.69 Å². The number of nitrogens with zero attached hydrogens (tertiary/aromatic N) is 1. The van der Waals surface area contributed by atoms with Gasteiger partial charge in [0.25, 0.3) is 0 Å². The Morgan fingerprint density at radius 1 is 1.07 bits per heavy atom. The lowest BCUT2D eigenvalue weighted by Gasteiger charge is -2.17. The quantitative estimate of drug-likeness (QED) is 0.267. The number of thiocarbonyl (C=S) groups is 1. The van der Waals surface area contributed by atoms with Gasteiger partial charge in [0.05, 0.1) is 17.2 Å². The summed E-state index contributed by atoms with van der Waals surface area (Å²) in [7, 11) is 1.59. The molecule has 0 radical (unpaired) electrons. The summed E-state index contributed by atoms with van der Waals surface area (Å²) in [5.74, 6) is 0.401. The Balaban J connectivity index is 2.09. The fourth-order valence-electron chi connectivity index (χ4n) is 2.73. The fraction of sp³-hybridized carbons (Fsp3) is 0.0909. The predicted octanol–water partition coefficient (Wildman–Crippen LogP) is 4.72. The second kappa shape index (κ2) is 9.27. The molecule has 0 saturated heterocycles. The molecule has 0 atom stereocenters. The Kier molecular flexibility index (Phi) is 6.75. The molecule has 0 unspecified atom stereocenters. The summed E-state index contributed by atoms with van der Waals surface area (Å²) in [4.78, 5) is 0.268. The van der Waals surface area contributed by atoms with Crippen LogP contribution in [-0.2, 0) is 0 Å². The van der Waals surface area contributed by atoms with Crippen LogP contribution in [0.3, 0.4) is 0 Å². The first-order valence-corrected chi connectivity index (χ1v) is 9.86. The van der Waals surface area contributed by atoms with Crippen molar-refractivity contribution in [3.63, 3.8) is 0 Å². The molecule has 0 aliphatic carbocycles. The van der Waals surface area contributed by atoms with Gasteiger partial charge in [-0.1, -0.05) is 47.6 Å². The summed E-state index contributed by atoms with van der Waals surface area (Å²) in [5.41, 5.74) is 2.38. The molecule has 7 heteroatoms. The Bertz CT molecular complexity index is 1100. The summed E-state index contributed by atoms with van der Waals surface area (Å²) >= 11 is 17.7. The van der Waals surface area contributed by atoms with Crippen LogP contribution in [0.5, 0.6) is 5.75 Å². The molecule has 2 aromatic carbocycles. The average molecular weight is 445 g/mol. The van der Waals surface area contributed by atoms with Gasteiger partial charge in [-0.05, 0) is 48.6 Å². The largest absolute Gasteiger partial charge is 0.867 e. The first-order chi connectivity index (χ1) is 13.9. The normalized spacial score (nSPS) is 11.6. The minimum Gasteiger partial charge on any atom is -0.867 e. The first kappa shape index (κ1) is 21.1. The fourth-order valence-corrected chi connectivity index (χ4v) is 3.35. The van der Waals surface area contributed by atoms with Gasteiger partial charge in [-0.25, -0.2) is 0 Å². The molecule has 0 spiro atoms. The second-order valence-electron chi connectivity index (χ2n) is 6.28. The molecular weight excluding hydrogens is 427 g/mol. The van der Waals surface area contributed by atoms with Gasteiger partial charge in [-0.2, -0.15) is 4.57 Å². The molecule has 4 nitrogen and oxygen atoms in total. The zero-order chi connectivity index (χ0) is 21.0. The van der Waals surface area contributed by atoms with Gasteiger partial charge in [0, 0.05) is 23.4 Å². The number of benzene rings is 2. The molecule has 3 aromatic rings. The molecule has 0 amide bonds. The van der Waals surface area contributed by atoms with Crippen molar-refractivity contribution in [3.05, 3.63) is 88.2 Å². The third kappa shape index (κ3) is 5.07. The number of hydrogen-bond acceptors (Lipinski definition) is 3.